The quantitative estimate of drug-likeness (QED) is 0.388. The minimum Gasteiger partial charge on any atom is -0.411 e. The first-order valence-electron chi connectivity index (χ1n) is 10.0. The zero-order valence-corrected chi connectivity index (χ0v) is 15.8. The molecule has 0 aromatic carbocycles. The molecule has 4 aliphatic carbocycles. The minimum atomic E-state index is 0.188. The summed E-state index contributed by atoms with van der Waals surface area (Å²) < 4.78 is 0. The van der Waals surface area contributed by atoms with Crippen molar-refractivity contribution in [3.63, 3.8) is 0 Å². The number of nitrogens with zero attached hydrogens (tertiary/aromatic N) is 2. The Morgan fingerprint density at radius 2 is 1.92 bits per heavy atom. The second-order valence-corrected chi connectivity index (χ2v) is 9.52. The van der Waals surface area contributed by atoms with Gasteiger partial charge in [0.1, 0.15) is 0 Å². The van der Waals surface area contributed by atoms with E-state index in [1.165, 1.54) is 37.7 Å². The highest BCUT2D eigenvalue weighted by Gasteiger charge is 2.58. The molecule has 138 valence electrons. The molecule has 0 bridgehead atoms. The van der Waals surface area contributed by atoms with Crippen molar-refractivity contribution in [1.29, 1.82) is 0 Å². The van der Waals surface area contributed by atoms with E-state index in [0.29, 0.717) is 17.3 Å². The van der Waals surface area contributed by atoms with Gasteiger partial charge >= 0.3 is 0 Å². The largest absolute Gasteiger partial charge is 0.411 e. The summed E-state index contributed by atoms with van der Waals surface area (Å²) in [5.41, 5.74) is 3.71. The van der Waals surface area contributed by atoms with Gasteiger partial charge < -0.3 is 10.4 Å². The Kier molecular flexibility index (Phi) is 4.01. The molecule has 4 rings (SSSR count). The second-order valence-electron chi connectivity index (χ2n) is 9.52. The summed E-state index contributed by atoms with van der Waals surface area (Å²) in [5.74, 6) is 2.97. The van der Waals surface area contributed by atoms with Gasteiger partial charge in [-0.1, -0.05) is 30.2 Å². The summed E-state index contributed by atoms with van der Waals surface area (Å²) in [4.78, 5) is 0. The third-order valence-electron chi connectivity index (χ3n) is 8.76. The van der Waals surface area contributed by atoms with Crippen LogP contribution in [0.15, 0.2) is 22.0 Å². The van der Waals surface area contributed by atoms with Crippen molar-refractivity contribution in [1.82, 2.24) is 0 Å². The lowest BCUT2D eigenvalue weighted by Gasteiger charge is -2.60. The summed E-state index contributed by atoms with van der Waals surface area (Å²) in [5, 5.41) is 25.6. The summed E-state index contributed by atoms with van der Waals surface area (Å²) in [7, 11) is 0. The molecule has 0 aromatic rings. The number of fused-ring (bicyclic) bond motifs is 5. The van der Waals surface area contributed by atoms with Crippen molar-refractivity contribution in [2.45, 2.75) is 72.1 Å². The Morgan fingerprint density at radius 3 is 2.64 bits per heavy atom. The fraction of sp³-hybridized carbons (Fsp3) is 0.810. The lowest BCUT2D eigenvalue weighted by Crippen LogP contribution is -2.53. The highest BCUT2D eigenvalue weighted by atomic mass is 16.4. The molecule has 0 spiro atoms. The van der Waals surface area contributed by atoms with E-state index in [2.05, 4.69) is 30.2 Å². The fourth-order valence-electron chi connectivity index (χ4n) is 7.33. The van der Waals surface area contributed by atoms with Gasteiger partial charge in [0.25, 0.3) is 0 Å². The highest BCUT2D eigenvalue weighted by Crippen LogP contribution is 2.66. The molecule has 25 heavy (non-hydrogen) atoms. The van der Waals surface area contributed by atoms with Gasteiger partial charge in [-0.15, -0.1) is 0 Å². The van der Waals surface area contributed by atoms with Gasteiger partial charge in [-0.3, -0.25) is 0 Å². The topological polar surface area (TPSA) is 65.2 Å². The summed E-state index contributed by atoms with van der Waals surface area (Å²) in [6, 6.07) is 0. The van der Waals surface area contributed by atoms with Crippen LogP contribution in [-0.4, -0.2) is 21.8 Å². The van der Waals surface area contributed by atoms with Crippen molar-refractivity contribution >= 4 is 11.4 Å². The van der Waals surface area contributed by atoms with Gasteiger partial charge in [0.15, 0.2) is 0 Å². The van der Waals surface area contributed by atoms with Gasteiger partial charge in [-0.05, 0) is 98.4 Å². The van der Waals surface area contributed by atoms with Gasteiger partial charge in [0.05, 0.1) is 11.4 Å². The average Bonchev–Trinajstić information content (AvgIpc) is 2.97. The van der Waals surface area contributed by atoms with Crippen LogP contribution in [0.5, 0.6) is 0 Å². The van der Waals surface area contributed by atoms with Crippen molar-refractivity contribution in [3.05, 3.63) is 11.6 Å². The van der Waals surface area contributed by atoms with Crippen molar-refractivity contribution in [3.8, 4) is 0 Å². The van der Waals surface area contributed by atoms with E-state index in [1.807, 2.05) is 6.92 Å². The van der Waals surface area contributed by atoms with E-state index in [-0.39, 0.29) is 5.41 Å². The van der Waals surface area contributed by atoms with E-state index in [0.717, 1.165) is 42.5 Å². The molecule has 6 atom stereocenters. The SMILES string of the molecule is C/C(=N/O)C1=CCC2C3CC[C@H]4C/C(=N\O)CC[C@]4(C)C3CC[C@]12C. The van der Waals surface area contributed by atoms with Crippen molar-refractivity contribution in [2.24, 2.45) is 44.8 Å². The molecule has 3 saturated carbocycles. The van der Waals surface area contributed by atoms with Crippen LogP contribution in [0.3, 0.4) is 0 Å². The van der Waals surface area contributed by atoms with Crippen LogP contribution in [0.2, 0.25) is 0 Å². The molecular weight excluding hydrogens is 312 g/mol. The Balaban J connectivity index is 1.61. The number of hydrogen-bond acceptors (Lipinski definition) is 4. The lowest BCUT2D eigenvalue weighted by molar-refractivity contribution is -0.0866. The standard InChI is InChI=1S/C21H32N2O2/c1-13(22-24)17-6-7-18-16-5-4-14-12-15(23-25)8-10-20(14,2)19(16)9-11-21(17,18)3/h6,14,16,18-19,24-25H,4-5,7-12H2,1-3H3/b22-13-,23-15-/t14-,16?,18?,19?,20-,21+/m0/s1. The summed E-state index contributed by atoms with van der Waals surface area (Å²) >= 11 is 0. The van der Waals surface area contributed by atoms with E-state index in [9.17, 15) is 10.4 Å². The molecule has 2 N–H and O–H groups in total. The molecule has 3 fully saturated rings. The van der Waals surface area contributed by atoms with Crippen LogP contribution in [0.4, 0.5) is 0 Å². The maximum absolute atomic E-state index is 9.29. The molecule has 0 heterocycles. The molecule has 4 aliphatic rings. The van der Waals surface area contributed by atoms with Crippen molar-refractivity contribution < 1.29 is 10.4 Å². The number of oxime groups is 2. The summed E-state index contributed by atoms with van der Waals surface area (Å²) in [6.45, 7) is 6.88. The Morgan fingerprint density at radius 1 is 1.12 bits per heavy atom. The number of rotatable bonds is 1. The molecule has 0 amide bonds. The second kappa shape index (κ2) is 5.85. The molecule has 4 heteroatoms. The van der Waals surface area contributed by atoms with E-state index >= 15 is 0 Å². The smallest absolute Gasteiger partial charge is 0.0799 e. The maximum atomic E-state index is 9.29. The third-order valence-corrected chi connectivity index (χ3v) is 8.76. The van der Waals surface area contributed by atoms with Crippen LogP contribution < -0.4 is 0 Å². The van der Waals surface area contributed by atoms with E-state index in [1.54, 1.807) is 0 Å². The van der Waals surface area contributed by atoms with E-state index < -0.39 is 0 Å². The van der Waals surface area contributed by atoms with E-state index in [4.69, 9.17) is 0 Å². The first-order chi connectivity index (χ1) is 11.9. The van der Waals surface area contributed by atoms with Gasteiger partial charge in [-0.25, -0.2) is 0 Å². The summed E-state index contributed by atoms with van der Waals surface area (Å²) in [6.07, 6.45) is 11.7. The zero-order chi connectivity index (χ0) is 17.8. The Labute approximate surface area is 151 Å². The van der Waals surface area contributed by atoms with Gasteiger partial charge in [0, 0.05) is 0 Å². The molecule has 4 nitrogen and oxygen atoms in total. The number of allylic oxidation sites excluding steroid dienone is 2. The lowest BCUT2D eigenvalue weighted by atomic mass is 9.44. The predicted octanol–water partition coefficient (Wildman–Crippen LogP) is 5.25. The molecule has 0 aromatic heterocycles. The maximum Gasteiger partial charge on any atom is 0.0799 e. The van der Waals surface area contributed by atoms with Crippen LogP contribution in [0.1, 0.15) is 72.1 Å². The van der Waals surface area contributed by atoms with Crippen LogP contribution in [0, 0.1) is 34.5 Å². The molecule has 0 aliphatic heterocycles. The number of hydrogen-bond donors (Lipinski definition) is 2. The normalized spacial score (nSPS) is 48.5. The van der Waals surface area contributed by atoms with Crippen LogP contribution in [0.25, 0.3) is 0 Å². The molecule has 3 unspecified atom stereocenters. The monoisotopic (exact) mass is 344 g/mol. The Bertz CT molecular complexity index is 652. The first kappa shape index (κ1) is 17.1. The first-order valence-corrected chi connectivity index (χ1v) is 10.0. The van der Waals surface area contributed by atoms with Crippen LogP contribution in [-0.2, 0) is 0 Å². The average molecular weight is 344 g/mol. The fourth-order valence-corrected chi connectivity index (χ4v) is 7.33. The van der Waals surface area contributed by atoms with Crippen LogP contribution >= 0.6 is 0 Å². The predicted molar refractivity (Wildman–Crippen MR) is 99.3 cm³/mol. The zero-order valence-electron chi connectivity index (χ0n) is 15.8. The Hall–Kier alpha value is -1.32. The molecule has 0 saturated heterocycles. The molecule has 0 radical (unpaired) electrons. The minimum absolute atomic E-state index is 0.188. The van der Waals surface area contributed by atoms with Gasteiger partial charge in [0.2, 0.25) is 0 Å². The third kappa shape index (κ3) is 2.32. The van der Waals surface area contributed by atoms with Crippen molar-refractivity contribution in [2.75, 3.05) is 0 Å². The highest BCUT2D eigenvalue weighted by molar-refractivity contribution is 5.99. The molecular formula is C21H32N2O2. The van der Waals surface area contributed by atoms with Gasteiger partial charge in [-0.2, -0.15) is 0 Å².